The number of nitrogens with zero attached hydrogens (tertiary/aromatic N) is 1. The summed E-state index contributed by atoms with van der Waals surface area (Å²) in [5, 5.41) is 9.39. The second kappa shape index (κ2) is 6.64. The molecule has 1 unspecified atom stereocenters. The van der Waals surface area contributed by atoms with E-state index in [4.69, 9.17) is 14.2 Å². The van der Waals surface area contributed by atoms with Crippen molar-refractivity contribution >= 4 is 0 Å². The molecule has 0 amide bonds. The zero-order valence-electron chi connectivity index (χ0n) is 13.3. The molecule has 0 spiro atoms. The van der Waals surface area contributed by atoms with Crippen LogP contribution < -0.4 is 9.47 Å². The lowest BCUT2D eigenvalue weighted by Crippen LogP contribution is -2.53. The highest BCUT2D eigenvalue weighted by Crippen LogP contribution is 2.28. The minimum absolute atomic E-state index is 0.0369. The van der Waals surface area contributed by atoms with Gasteiger partial charge in [0.25, 0.3) is 0 Å². The predicted octanol–water partition coefficient (Wildman–Crippen LogP) is 1.68. The fourth-order valence-electron chi connectivity index (χ4n) is 2.88. The number of benzene rings is 1. The topological polar surface area (TPSA) is 51.2 Å². The Hall–Kier alpha value is -1.30. The number of hydrogen-bond donors (Lipinski definition) is 1. The van der Waals surface area contributed by atoms with Gasteiger partial charge >= 0.3 is 0 Å². The largest absolute Gasteiger partial charge is 0.497 e. The molecule has 1 aliphatic heterocycles. The molecule has 1 aromatic carbocycles. The zero-order chi connectivity index (χ0) is 15.5. The van der Waals surface area contributed by atoms with Gasteiger partial charge in [0.15, 0.2) is 0 Å². The van der Waals surface area contributed by atoms with Crippen molar-refractivity contribution in [2.75, 3.05) is 33.9 Å². The monoisotopic (exact) mass is 295 g/mol. The number of ether oxygens (including phenoxy) is 3. The van der Waals surface area contributed by atoms with Crippen molar-refractivity contribution < 1.29 is 19.3 Å². The lowest BCUT2D eigenvalue weighted by molar-refractivity contribution is -0.150. The van der Waals surface area contributed by atoms with Gasteiger partial charge < -0.3 is 19.3 Å². The summed E-state index contributed by atoms with van der Waals surface area (Å²) in [6, 6.07) is 5.81. The van der Waals surface area contributed by atoms with Gasteiger partial charge in [0.1, 0.15) is 11.5 Å². The third-order valence-electron chi connectivity index (χ3n) is 3.64. The molecule has 1 fully saturated rings. The molecule has 1 heterocycles. The summed E-state index contributed by atoms with van der Waals surface area (Å²) in [4.78, 5) is 2.28. The molecule has 0 aromatic heterocycles. The molecule has 0 radical (unpaired) electrons. The maximum atomic E-state index is 9.39. The number of rotatable bonds is 5. The Balaban J connectivity index is 2.16. The standard InChI is InChI=1S/C16H25NO4/c1-16(2)11-17(9-14(10-18)21-16)8-12-7-13(19-3)5-6-15(12)20-4/h5-7,14,18H,8-11H2,1-4H3. The van der Waals surface area contributed by atoms with Crippen molar-refractivity contribution in [3.8, 4) is 11.5 Å². The van der Waals surface area contributed by atoms with Crippen molar-refractivity contribution in [2.45, 2.75) is 32.1 Å². The Bertz CT molecular complexity index is 475. The van der Waals surface area contributed by atoms with Gasteiger partial charge in [-0.25, -0.2) is 0 Å². The minimum Gasteiger partial charge on any atom is -0.497 e. The van der Waals surface area contributed by atoms with E-state index >= 15 is 0 Å². The van der Waals surface area contributed by atoms with Crippen LogP contribution in [0.2, 0.25) is 0 Å². The molecule has 21 heavy (non-hydrogen) atoms. The highest BCUT2D eigenvalue weighted by molar-refractivity contribution is 5.40. The van der Waals surface area contributed by atoms with E-state index < -0.39 is 0 Å². The number of morpholine rings is 1. The first-order chi connectivity index (χ1) is 9.97. The number of aliphatic hydroxyl groups excluding tert-OH is 1. The molecule has 1 atom stereocenters. The molecule has 5 nitrogen and oxygen atoms in total. The van der Waals surface area contributed by atoms with Gasteiger partial charge in [0, 0.05) is 25.2 Å². The summed E-state index contributed by atoms with van der Waals surface area (Å²) < 4.78 is 16.6. The molecule has 2 rings (SSSR count). The summed E-state index contributed by atoms with van der Waals surface area (Å²) in [7, 11) is 3.33. The second-order valence-electron chi connectivity index (χ2n) is 6.03. The Morgan fingerprint density at radius 1 is 1.33 bits per heavy atom. The van der Waals surface area contributed by atoms with Gasteiger partial charge in [-0.2, -0.15) is 0 Å². The normalized spacial score (nSPS) is 22.0. The summed E-state index contributed by atoms with van der Waals surface area (Å²) >= 11 is 0. The lowest BCUT2D eigenvalue weighted by atomic mass is 10.0. The Labute approximate surface area is 126 Å². The van der Waals surface area contributed by atoms with Crippen molar-refractivity contribution in [2.24, 2.45) is 0 Å². The van der Waals surface area contributed by atoms with Crippen LogP contribution in [0, 0.1) is 0 Å². The Morgan fingerprint density at radius 3 is 2.71 bits per heavy atom. The van der Waals surface area contributed by atoms with Gasteiger partial charge in [-0.3, -0.25) is 4.90 Å². The van der Waals surface area contributed by atoms with Gasteiger partial charge in [0.2, 0.25) is 0 Å². The highest BCUT2D eigenvalue weighted by Gasteiger charge is 2.33. The maximum absolute atomic E-state index is 9.39. The minimum atomic E-state index is -0.266. The van der Waals surface area contributed by atoms with Crippen LogP contribution in [0.25, 0.3) is 0 Å². The van der Waals surface area contributed by atoms with Crippen LogP contribution in [0.4, 0.5) is 0 Å². The van der Waals surface area contributed by atoms with E-state index in [1.807, 2.05) is 32.0 Å². The van der Waals surface area contributed by atoms with Crippen LogP contribution in [0.1, 0.15) is 19.4 Å². The van der Waals surface area contributed by atoms with Crippen LogP contribution in [-0.2, 0) is 11.3 Å². The molecule has 1 aliphatic rings. The molecule has 118 valence electrons. The number of hydrogen-bond acceptors (Lipinski definition) is 5. The van der Waals surface area contributed by atoms with Crippen LogP contribution in [-0.4, -0.2) is 55.6 Å². The fourth-order valence-corrected chi connectivity index (χ4v) is 2.88. The third kappa shape index (κ3) is 4.09. The fraction of sp³-hybridized carbons (Fsp3) is 0.625. The van der Waals surface area contributed by atoms with Crippen molar-refractivity contribution in [1.82, 2.24) is 4.90 Å². The Morgan fingerprint density at radius 2 is 2.10 bits per heavy atom. The molecule has 1 saturated heterocycles. The average molecular weight is 295 g/mol. The molecule has 1 N–H and O–H groups in total. The van der Waals surface area contributed by atoms with Crippen molar-refractivity contribution in [3.05, 3.63) is 23.8 Å². The first kappa shape index (κ1) is 16.1. The van der Waals surface area contributed by atoms with Gasteiger partial charge in [-0.1, -0.05) is 0 Å². The Kier molecular flexibility index (Phi) is 5.08. The average Bonchev–Trinajstić information content (AvgIpc) is 2.45. The summed E-state index contributed by atoms with van der Waals surface area (Å²) in [5.74, 6) is 1.66. The quantitative estimate of drug-likeness (QED) is 0.895. The van der Waals surface area contributed by atoms with Crippen molar-refractivity contribution in [1.29, 1.82) is 0 Å². The highest BCUT2D eigenvalue weighted by atomic mass is 16.5. The molecule has 0 bridgehead atoms. The van der Waals surface area contributed by atoms with E-state index in [2.05, 4.69) is 4.90 Å². The van der Waals surface area contributed by atoms with Gasteiger partial charge in [0.05, 0.1) is 32.5 Å². The first-order valence-electron chi connectivity index (χ1n) is 7.19. The van der Waals surface area contributed by atoms with Crippen LogP contribution >= 0.6 is 0 Å². The maximum Gasteiger partial charge on any atom is 0.123 e. The van der Waals surface area contributed by atoms with E-state index in [1.54, 1.807) is 14.2 Å². The van der Waals surface area contributed by atoms with Crippen LogP contribution in [0.5, 0.6) is 11.5 Å². The molecule has 0 saturated carbocycles. The van der Waals surface area contributed by atoms with Gasteiger partial charge in [-0.15, -0.1) is 0 Å². The summed E-state index contributed by atoms with van der Waals surface area (Å²) in [6.07, 6.45) is -0.148. The first-order valence-corrected chi connectivity index (χ1v) is 7.19. The third-order valence-corrected chi connectivity index (χ3v) is 3.64. The van der Waals surface area contributed by atoms with E-state index in [0.717, 1.165) is 30.2 Å². The molecule has 5 heteroatoms. The number of methoxy groups -OCH3 is 2. The van der Waals surface area contributed by atoms with E-state index in [0.29, 0.717) is 6.54 Å². The van der Waals surface area contributed by atoms with E-state index in [9.17, 15) is 5.11 Å². The van der Waals surface area contributed by atoms with Crippen molar-refractivity contribution in [3.63, 3.8) is 0 Å². The predicted molar refractivity (Wildman–Crippen MR) is 80.9 cm³/mol. The summed E-state index contributed by atoms with van der Waals surface area (Å²) in [6.45, 7) is 6.39. The molecular formula is C16H25NO4. The summed E-state index contributed by atoms with van der Waals surface area (Å²) in [5.41, 5.74) is 0.809. The second-order valence-corrected chi connectivity index (χ2v) is 6.03. The number of aliphatic hydroxyl groups is 1. The van der Waals surface area contributed by atoms with Crippen LogP contribution in [0.15, 0.2) is 18.2 Å². The van der Waals surface area contributed by atoms with Crippen LogP contribution in [0.3, 0.4) is 0 Å². The van der Waals surface area contributed by atoms with Gasteiger partial charge in [-0.05, 0) is 32.0 Å². The van der Waals surface area contributed by atoms with E-state index in [1.165, 1.54) is 0 Å². The SMILES string of the molecule is COc1ccc(OC)c(CN2CC(CO)OC(C)(C)C2)c1. The smallest absolute Gasteiger partial charge is 0.123 e. The zero-order valence-corrected chi connectivity index (χ0v) is 13.3. The lowest BCUT2D eigenvalue weighted by Gasteiger charge is -2.42. The molecule has 1 aromatic rings. The molecular weight excluding hydrogens is 270 g/mol. The van der Waals surface area contributed by atoms with E-state index in [-0.39, 0.29) is 18.3 Å². The molecule has 0 aliphatic carbocycles.